The molecule has 2 rings (SSSR count). The van der Waals surface area contributed by atoms with Gasteiger partial charge < -0.3 is 20.1 Å². The van der Waals surface area contributed by atoms with Gasteiger partial charge in [0.25, 0.3) is 0 Å². The fraction of sp³-hybridized carbons (Fsp3) is 0.278. The normalized spacial score (nSPS) is 10.2. The highest BCUT2D eigenvalue weighted by molar-refractivity contribution is 6.33. The topological polar surface area (TPSA) is 59.6 Å². The van der Waals surface area contributed by atoms with Crippen LogP contribution in [0.5, 0.6) is 11.5 Å². The Morgan fingerprint density at radius 1 is 1.08 bits per heavy atom. The van der Waals surface area contributed by atoms with Crippen molar-refractivity contribution >= 4 is 23.3 Å². The number of hydrogen-bond donors (Lipinski definition) is 2. The molecule has 0 fully saturated rings. The first-order chi connectivity index (χ1) is 11.5. The van der Waals surface area contributed by atoms with E-state index in [1.807, 2.05) is 31.2 Å². The Hall–Kier alpha value is -2.40. The fourth-order valence-corrected chi connectivity index (χ4v) is 2.53. The Kier molecular flexibility index (Phi) is 6.32. The van der Waals surface area contributed by atoms with E-state index < -0.39 is 0 Å². The molecule has 0 aromatic heterocycles. The molecule has 0 radical (unpaired) electrons. The number of anilines is 1. The second kappa shape index (κ2) is 8.45. The van der Waals surface area contributed by atoms with Crippen LogP contribution in [0.2, 0.25) is 5.02 Å². The number of halogens is 1. The molecule has 2 aromatic carbocycles. The van der Waals surface area contributed by atoms with Crippen molar-refractivity contribution < 1.29 is 14.3 Å². The van der Waals surface area contributed by atoms with E-state index in [-0.39, 0.29) is 6.03 Å². The predicted molar refractivity (Wildman–Crippen MR) is 96.5 cm³/mol. The molecule has 0 saturated heterocycles. The number of amides is 2. The van der Waals surface area contributed by atoms with Crippen LogP contribution in [0.25, 0.3) is 0 Å². The molecule has 0 aliphatic rings. The molecule has 0 unspecified atom stereocenters. The summed E-state index contributed by atoms with van der Waals surface area (Å²) < 4.78 is 10.5. The highest BCUT2D eigenvalue weighted by Crippen LogP contribution is 2.27. The first-order valence-corrected chi connectivity index (χ1v) is 7.93. The Morgan fingerprint density at radius 2 is 1.83 bits per heavy atom. The molecular formula is C18H21ClN2O3. The largest absolute Gasteiger partial charge is 0.493 e. The highest BCUT2D eigenvalue weighted by atomic mass is 35.5. The van der Waals surface area contributed by atoms with E-state index in [4.69, 9.17) is 21.1 Å². The zero-order chi connectivity index (χ0) is 17.5. The number of urea groups is 1. The maximum atomic E-state index is 11.9. The average molecular weight is 349 g/mol. The molecule has 6 heteroatoms. The summed E-state index contributed by atoms with van der Waals surface area (Å²) in [5.74, 6) is 1.35. The summed E-state index contributed by atoms with van der Waals surface area (Å²) in [6.07, 6.45) is 0.676. The SMILES string of the molecule is COc1ccc(CCNC(=O)Nc2ccc(C)cc2Cl)cc1OC. The molecule has 0 saturated carbocycles. The number of nitrogens with one attached hydrogen (secondary N) is 2. The third kappa shape index (κ3) is 4.80. The predicted octanol–water partition coefficient (Wildman–Crippen LogP) is 4.03. The summed E-state index contributed by atoms with van der Waals surface area (Å²) >= 11 is 6.10. The van der Waals surface area contributed by atoms with Crippen LogP contribution in [0.15, 0.2) is 36.4 Å². The highest BCUT2D eigenvalue weighted by Gasteiger charge is 2.07. The van der Waals surface area contributed by atoms with Crippen LogP contribution in [-0.2, 0) is 6.42 Å². The number of aryl methyl sites for hydroxylation is 1. The Labute approximate surface area is 146 Å². The molecule has 0 heterocycles. The molecule has 0 atom stereocenters. The monoisotopic (exact) mass is 348 g/mol. The quantitative estimate of drug-likeness (QED) is 0.828. The van der Waals surface area contributed by atoms with Crippen molar-refractivity contribution in [2.45, 2.75) is 13.3 Å². The van der Waals surface area contributed by atoms with Crippen LogP contribution in [0.1, 0.15) is 11.1 Å². The minimum atomic E-state index is -0.291. The number of carbonyl (C=O) groups is 1. The number of hydrogen-bond acceptors (Lipinski definition) is 3. The van der Waals surface area contributed by atoms with Crippen molar-refractivity contribution in [2.24, 2.45) is 0 Å². The molecule has 24 heavy (non-hydrogen) atoms. The molecule has 0 bridgehead atoms. The summed E-state index contributed by atoms with van der Waals surface area (Å²) in [4.78, 5) is 11.9. The Morgan fingerprint density at radius 3 is 2.50 bits per heavy atom. The maximum Gasteiger partial charge on any atom is 0.319 e. The lowest BCUT2D eigenvalue weighted by Crippen LogP contribution is -2.30. The molecule has 0 spiro atoms. The van der Waals surface area contributed by atoms with E-state index in [1.54, 1.807) is 26.4 Å². The van der Waals surface area contributed by atoms with Crippen LogP contribution in [0.4, 0.5) is 10.5 Å². The smallest absolute Gasteiger partial charge is 0.319 e. The van der Waals surface area contributed by atoms with Crippen molar-refractivity contribution in [3.8, 4) is 11.5 Å². The van der Waals surface area contributed by atoms with Gasteiger partial charge in [-0.05, 0) is 48.7 Å². The summed E-state index contributed by atoms with van der Waals surface area (Å²) in [6, 6.07) is 10.9. The van der Waals surface area contributed by atoms with Gasteiger partial charge in [-0.15, -0.1) is 0 Å². The van der Waals surface area contributed by atoms with Crippen LogP contribution >= 0.6 is 11.6 Å². The van der Waals surface area contributed by atoms with Gasteiger partial charge in [0.1, 0.15) is 0 Å². The summed E-state index contributed by atoms with van der Waals surface area (Å²) in [6.45, 7) is 2.43. The Bertz CT molecular complexity index is 719. The molecule has 0 aliphatic carbocycles. The Balaban J connectivity index is 1.86. The van der Waals surface area contributed by atoms with E-state index >= 15 is 0 Å². The average Bonchev–Trinajstić information content (AvgIpc) is 2.57. The van der Waals surface area contributed by atoms with Gasteiger partial charge in [0.15, 0.2) is 11.5 Å². The van der Waals surface area contributed by atoms with Crippen molar-refractivity contribution in [3.05, 3.63) is 52.5 Å². The first-order valence-electron chi connectivity index (χ1n) is 7.55. The third-order valence-electron chi connectivity index (χ3n) is 3.52. The lowest BCUT2D eigenvalue weighted by molar-refractivity contribution is 0.252. The zero-order valence-electron chi connectivity index (χ0n) is 14.0. The minimum Gasteiger partial charge on any atom is -0.493 e. The van der Waals surface area contributed by atoms with Crippen molar-refractivity contribution in [1.82, 2.24) is 5.32 Å². The first kappa shape index (κ1) is 17.9. The number of benzene rings is 2. The summed E-state index contributed by atoms with van der Waals surface area (Å²) in [5.41, 5.74) is 2.67. The number of ether oxygens (including phenoxy) is 2. The molecule has 2 aromatic rings. The number of carbonyl (C=O) groups excluding carboxylic acids is 1. The molecule has 2 amide bonds. The van der Waals surface area contributed by atoms with Crippen LogP contribution < -0.4 is 20.1 Å². The lowest BCUT2D eigenvalue weighted by Gasteiger charge is -2.11. The second-order valence-corrected chi connectivity index (χ2v) is 5.71. The van der Waals surface area contributed by atoms with Gasteiger partial charge in [0.05, 0.1) is 24.9 Å². The minimum absolute atomic E-state index is 0.291. The molecule has 0 aliphatic heterocycles. The summed E-state index contributed by atoms with van der Waals surface area (Å²) in [5, 5.41) is 6.06. The van der Waals surface area contributed by atoms with Crippen molar-refractivity contribution in [2.75, 3.05) is 26.1 Å². The van der Waals surface area contributed by atoms with E-state index in [0.717, 1.165) is 11.1 Å². The van der Waals surface area contributed by atoms with E-state index in [2.05, 4.69) is 10.6 Å². The third-order valence-corrected chi connectivity index (χ3v) is 3.83. The van der Waals surface area contributed by atoms with Crippen LogP contribution in [-0.4, -0.2) is 26.8 Å². The van der Waals surface area contributed by atoms with Gasteiger partial charge in [0.2, 0.25) is 0 Å². The summed E-state index contributed by atoms with van der Waals surface area (Å²) in [7, 11) is 3.19. The standard InChI is InChI=1S/C18H21ClN2O3/c1-12-4-6-15(14(19)10-12)21-18(22)20-9-8-13-5-7-16(23-2)17(11-13)24-3/h4-7,10-11H,8-9H2,1-3H3,(H2,20,21,22). The van der Waals surface area contributed by atoms with Gasteiger partial charge in [-0.3, -0.25) is 0 Å². The molecule has 5 nitrogen and oxygen atoms in total. The van der Waals surface area contributed by atoms with Gasteiger partial charge in [-0.25, -0.2) is 4.79 Å². The zero-order valence-corrected chi connectivity index (χ0v) is 14.7. The van der Waals surface area contributed by atoms with E-state index in [1.165, 1.54) is 0 Å². The molecule has 128 valence electrons. The molecular weight excluding hydrogens is 328 g/mol. The second-order valence-electron chi connectivity index (χ2n) is 5.30. The maximum absolute atomic E-state index is 11.9. The number of rotatable bonds is 6. The van der Waals surface area contributed by atoms with E-state index in [0.29, 0.717) is 35.2 Å². The van der Waals surface area contributed by atoms with Crippen molar-refractivity contribution in [3.63, 3.8) is 0 Å². The van der Waals surface area contributed by atoms with Crippen molar-refractivity contribution in [1.29, 1.82) is 0 Å². The van der Waals surface area contributed by atoms with E-state index in [9.17, 15) is 4.79 Å². The lowest BCUT2D eigenvalue weighted by atomic mass is 10.1. The van der Waals surface area contributed by atoms with Gasteiger partial charge in [-0.1, -0.05) is 23.7 Å². The number of methoxy groups -OCH3 is 2. The van der Waals surface area contributed by atoms with Gasteiger partial charge in [-0.2, -0.15) is 0 Å². The van der Waals surface area contributed by atoms with Gasteiger partial charge >= 0.3 is 6.03 Å². The van der Waals surface area contributed by atoms with Crippen LogP contribution in [0, 0.1) is 6.92 Å². The molecule has 2 N–H and O–H groups in total. The van der Waals surface area contributed by atoms with Crippen LogP contribution in [0.3, 0.4) is 0 Å². The van der Waals surface area contributed by atoms with Gasteiger partial charge in [0, 0.05) is 6.54 Å². The fourth-order valence-electron chi connectivity index (χ4n) is 2.24.